The number of rotatable bonds is 5. The number of hydrogen-bond acceptors (Lipinski definition) is 3. The molecular weight excluding hydrogens is 347 g/mol. The number of likely N-dealkylation sites (tertiary alicyclic amines) is 2. The highest BCUT2D eigenvalue weighted by molar-refractivity contribution is 5.96. The first-order chi connectivity index (χ1) is 12.9. The first-order valence-corrected chi connectivity index (χ1v) is 9.84. The highest BCUT2D eigenvalue weighted by Crippen LogP contribution is 2.45. The lowest BCUT2D eigenvalue weighted by atomic mass is 9.71. The summed E-state index contributed by atoms with van der Waals surface area (Å²) in [5.74, 6) is -0.707. The lowest BCUT2D eigenvalue weighted by Crippen LogP contribution is -2.47. The van der Waals surface area contributed by atoms with Crippen LogP contribution in [0.1, 0.15) is 42.6 Å². The zero-order valence-corrected chi connectivity index (χ0v) is 16.5. The van der Waals surface area contributed by atoms with E-state index in [9.17, 15) is 14.0 Å². The molecule has 27 heavy (non-hydrogen) atoms. The molecule has 1 aromatic rings. The van der Waals surface area contributed by atoms with E-state index in [0.29, 0.717) is 38.4 Å². The number of piperidine rings is 1. The van der Waals surface area contributed by atoms with Gasteiger partial charge in [-0.25, -0.2) is 4.39 Å². The summed E-state index contributed by atoms with van der Waals surface area (Å²) in [6, 6.07) is 4.71. The third-order valence-corrected chi connectivity index (χ3v) is 6.21. The van der Waals surface area contributed by atoms with Crippen LogP contribution in [0.25, 0.3) is 0 Å². The fourth-order valence-corrected chi connectivity index (χ4v) is 4.52. The van der Waals surface area contributed by atoms with Crippen molar-refractivity contribution in [1.82, 2.24) is 9.80 Å². The van der Waals surface area contributed by atoms with Crippen molar-refractivity contribution < 1.29 is 18.7 Å². The Morgan fingerprint density at radius 3 is 2.59 bits per heavy atom. The Balaban J connectivity index is 1.75. The van der Waals surface area contributed by atoms with Crippen LogP contribution in [0.3, 0.4) is 0 Å². The Labute approximate surface area is 160 Å². The van der Waals surface area contributed by atoms with Crippen LogP contribution in [-0.2, 0) is 9.53 Å². The molecule has 0 aromatic heterocycles. The van der Waals surface area contributed by atoms with Crippen LogP contribution < -0.4 is 0 Å². The molecule has 0 bridgehead atoms. The fourth-order valence-electron chi connectivity index (χ4n) is 4.52. The van der Waals surface area contributed by atoms with E-state index in [1.165, 1.54) is 6.07 Å². The van der Waals surface area contributed by atoms with Crippen molar-refractivity contribution in [3.05, 3.63) is 35.1 Å². The molecule has 5 nitrogen and oxygen atoms in total. The molecule has 2 saturated heterocycles. The van der Waals surface area contributed by atoms with Gasteiger partial charge in [0.1, 0.15) is 5.82 Å². The van der Waals surface area contributed by atoms with E-state index in [-0.39, 0.29) is 28.7 Å². The van der Waals surface area contributed by atoms with Gasteiger partial charge in [-0.05, 0) is 45.2 Å². The Morgan fingerprint density at radius 2 is 2.00 bits per heavy atom. The average molecular weight is 376 g/mol. The van der Waals surface area contributed by atoms with E-state index in [4.69, 9.17) is 4.74 Å². The van der Waals surface area contributed by atoms with Gasteiger partial charge in [0.15, 0.2) is 0 Å². The summed E-state index contributed by atoms with van der Waals surface area (Å²) in [6.07, 6.45) is 1.48. The number of nitrogens with zero attached hydrogens (tertiary/aromatic N) is 2. The topological polar surface area (TPSA) is 49.9 Å². The molecule has 0 saturated carbocycles. The summed E-state index contributed by atoms with van der Waals surface area (Å²) in [5, 5.41) is 0. The third-order valence-electron chi connectivity index (χ3n) is 6.21. The minimum absolute atomic E-state index is 0.148. The lowest BCUT2D eigenvalue weighted by molar-refractivity contribution is -0.133. The minimum Gasteiger partial charge on any atom is -0.381 e. The van der Waals surface area contributed by atoms with Gasteiger partial charge < -0.3 is 14.5 Å². The second-order valence-electron chi connectivity index (χ2n) is 7.65. The number of benzene rings is 1. The number of aryl methyl sites for hydroxylation is 1. The zero-order chi connectivity index (χ0) is 19.6. The second-order valence-corrected chi connectivity index (χ2v) is 7.65. The number of carbonyl (C=O) groups is 2. The molecule has 2 aliphatic heterocycles. The van der Waals surface area contributed by atoms with Crippen LogP contribution in [0.5, 0.6) is 0 Å². The molecular formula is C21H29FN2O3. The standard InChI is InChI=1S/C21H29FN2O3/c1-4-23-14-21(16(19(23)25)13-27-5-2)9-11-24(12-10-21)20(26)18-15(3)7-6-8-17(18)22/h6-8,16H,4-5,9-14H2,1-3H3. The second kappa shape index (κ2) is 7.97. The molecule has 148 valence electrons. The van der Waals surface area contributed by atoms with Gasteiger partial charge in [0.2, 0.25) is 5.91 Å². The van der Waals surface area contributed by atoms with E-state index in [1.54, 1.807) is 24.0 Å². The maximum absolute atomic E-state index is 14.2. The SMILES string of the molecule is CCOCC1C(=O)N(CC)CC12CCN(C(=O)c1c(C)cccc1F)CC2. The largest absolute Gasteiger partial charge is 0.381 e. The highest BCUT2D eigenvalue weighted by atomic mass is 19.1. The molecule has 1 aromatic carbocycles. The first-order valence-electron chi connectivity index (χ1n) is 9.84. The van der Waals surface area contributed by atoms with E-state index >= 15 is 0 Å². The van der Waals surface area contributed by atoms with Crippen molar-refractivity contribution in [2.75, 3.05) is 39.4 Å². The summed E-state index contributed by atoms with van der Waals surface area (Å²) >= 11 is 0. The third kappa shape index (κ3) is 3.59. The summed E-state index contributed by atoms with van der Waals surface area (Å²) in [5.41, 5.74) is 0.670. The summed E-state index contributed by atoms with van der Waals surface area (Å²) in [6.45, 7) is 9.21. The number of hydrogen-bond donors (Lipinski definition) is 0. The van der Waals surface area contributed by atoms with E-state index < -0.39 is 5.82 Å². The van der Waals surface area contributed by atoms with Gasteiger partial charge in [0, 0.05) is 38.2 Å². The van der Waals surface area contributed by atoms with Gasteiger partial charge in [-0.15, -0.1) is 0 Å². The molecule has 0 radical (unpaired) electrons. The molecule has 1 atom stereocenters. The van der Waals surface area contributed by atoms with Crippen molar-refractivity contribution in [2.45, 2.75) is 33.6 Å². The van der Waals surface area contributed by atoms with Gasteiger partial charge in [0.05, 0.1) is 18.1 Å². The van der Waals surface area contributed by atoms with Crippen LogP contribution >= 0.6 is 0 Å². The zero-order valence-electron chi connectivity index (χ0n) is 16.5. The van der Waals surface area contributed by atoms with Crippen LogP contribution in [0.4, 0.5) is 4.39 Å². The smallest absolute Gasteiger partial charge is 0.257 e. The number of halogens is 1. The van der Waals surface area contributed by atoms with Crippen molar-refractivity contribution >= 4 is 11.8 Å². The molecule has 1 unspecified atom stereocenters. The van der Waals surface area contributed by atoms with Gasteiger partial charge >= 0.3 is 0 Å². The Bertz CT molecular complexity index is 693. The van der Waals surface area contributed by atoms with Crippen LogP contribution in [0, 0.1) is 24.1 Å². The molecule has 0 aliphatic carbocycles. The highest BCUT2D eigenvalue weighted by Gasteiger charge is 2.53. The molecule has 2 amide bonds. The Hall–Kier alpha value is -1.95. The Morgan fingerprint density at radius 1 is 1.30 bits per heavy atom. The summed E-state index contributed by atoms with van der Waals surface area (Å²) in [4.78, 5) is 29.3. The van der Waals surface area contributed by atoms with Crippen molar-refractivity contribution in [1.29, 1.82) is 0 Å². The van der Waals surface area contributed by atoms with E-state index in [1.807, 2.05) is 18.7 Å². The minimum atomic E-state index is -0.470. The average Bonchev–Trinajstić information content (AvgIpc) is 2.91. The van der Waals surface area contributed by atoms with Crippen molar-refractivity contribution in [3.8, 4) is 0 Å². The van der Waals surface area contributed by atoms with E-state index in [0.717, 1.165) is 19.4 Å². The maximum atomic E-state index is 14.2. The predicted molar refractivity (Wildman–Crippen MR) is 101 cm³/mol. The molecule has 6 heteroatoms. The monoisotopic (exact) mass is 376 g/mol. The fraction of sp³-hybridized carbons (Fsp3) is 0.619. The first kappa shape index (κ1) is 19.8. The van der Waals surface area contributed by atoms with Gasteiger partial charge in [-0.1, -0.05) is 12.1 Å². The van der Waals surface area contributed by atoms with Crippen LogP contribution in [0.2, 0.25) is 0 Å². The predicted octanol–water partition coefficient (Wildman–Crippen LogP) is 2.87. The van der Waals surface area contributed by atoms with Crippen LogP contribution in [0.15, 0.2) is 18.2 Å². The van der Waals surface area contributed by atoms with Gasteiger partial charge in [-0.3, -0.25) is 9.59 Å². The summed E-state index contributed by atoms with van der Waals surface area (Å²) < 4.78 is 19.8. The van der Waals surface area contributed by atoms with Crippen molar-refractivity contribution in [3.63, 3.8) is 0 Å². The van der Waals surface area contributed by atoms with Crippen LogP contribution in [-0.4, -0.2) is 61.0 Å². The Kier molecular flexibility index (Phi) is 5.84. The molecule has 2 fully saturated rings. The number of carbonyl (C=O) groups excluding carboxylic acids is 2. The molecule has 2 heterocycles. The molecule has 3 rings (SSSR count). The number of amides is 2. The summed E-state index contributed by atoms with van der Waals surface area (Å²) in [7, 11) is 0. The van der Waals surface area contributed by atoms with E-state index in [2.05, 4.69) is 0 Å². The van der Waals surface area contributed by atoms with Gasteiger partial charge in [0.25, 0.3) is 5.91 Å². The lowest BCUT2D eigenvalue weighted by Gasteiger charge is -2.41. The van der Waals surface area contributed by atoms with Gasteiger partial charge in [-0.2, -0.15) is 0 Å². The molecule has 1 spiro atoms. The molecule has 2 aliphatic rings. The number of ether oxygens (including phenoxy) is 1. The van der Waals surface area contributed by atoms with Crippen molar-refractivity contribution in [2.24, 2.45) is 11.3 Å². The maximum Gasteiger partial charge on any atom is 0.257 e. The quantitative estimate of drug-likeness (QED) is 0.794. The normalized spacial score (nSPS) is 21.9. The molecule has 0 N–H and O–H groups in total.